The number of hydrogen-bond acceptors (Lipinski definition) is 6. The summed E-state index contributed by atoms with van der Waals surface area (Å²) in [6.45, 7) is 1.91. The Hall–Kier alpha value is -3.42. The monoisotopic (exact) mass is 327 g/mol. The largest absolute Gasteiger partial charge is 0.506 e. The van der Waals surface area contributed by atoms with E-state index < -0.39 is 10.8 Å². The van der Waals surface area contributed by atoms with E-state index in [1.165, 1.54) is 0 Å². The molecule has 0 unspecified atom stereocenters. The standard InChI is InChI=1S/C16H13N3O5/c1-9-2-5-15-11(6-9)12(18-24-15)8-16(21)17-13-7-10(19(22)23)3-4-14(13)20/h2-7,20H,8H2,1H3,(H,17,21). The van der Waals surface area contributed by atoms with Gasteiger partial charge in [-0.25, -0.2) is 0 Å². The zero-order valence-corrected chi connectivity index (χ0v) is 12.6. The van der Waals surface area contributed by atoms with Gasteiger partial charge in [-0.15, -0.1) is 0 Å². The average Bonchev–Trinajstić information content (AvgIpc) is 2.91. The Morgan fingerprint density at radius 3 is 2.88 bits per heavy atom. The summed E-state index contributed by atoms with van der Waals surface area (Å²) in [6, 6.07) is 8.91. The van der Waals surface area contributed by atoms with Crippen molar-refractivity contribution in [3.63, 3.8) is 0 Å². The Kier molecular flexibility index (Phi) is 3.87. The van der Waals surface area contributed by atoms with Gasteiger partial charge >= 0.3 is 0 Å². The second-order valence-corrected chi connectivity index (χ2v) is 5.31. The molecule has 0 saturated heterocycles. The molecule has 122 valence electrons. The molecule has 1 heterocycles. The number of phenols is 1. The van der Waals surface area contributed by atoms with Crippen molar-refractivity contribution in [2.75, 3.05) is 5.32 Å². The van der Waals surface area contributed by atoms with Crippen molar-refractivity contribution >= 4 is 28.3 Å². The quantitative estimate of drug-likeness (QED) is 0.432. The fourth-order valence-electron chi connectivity index (χ4n) is 2.31. The number of carbonyl (C=O) groups excluding carboxylic acids is 1. The number of aryl methyl sites for hydroxylation is 1. The van der Waals surface area contributed by atoms with Gasteiger partial charge in [0.25, 0.3) is 5.69 Å². The topological polar surface area (TPSA) is 119 Å². The first-order valence-corrected chi connectivity index (χ1v) is 7.06. The van der Waals surface area contributed by atoms with Gasteiger partial charge in [0.2, 0.25) is 5.91 Å². The lowest BCUT2D eigenvalue weighted by Crippen LogP contribution is -2.15. The maximum Gasteiger partial charge on any atom is 0.271 e. The molecule has 0 radical (unpaired) electrons. The normalized spacial score (nSPS) is 10.7. The van der Waals surface area contributed by atoms with Gasteiger partial charge < -0.3 is 14.9 Å². The summed E-state index contributed by atoms with van der Waals surface area (Å²) in [5.74, 6) is -0.725. The van der Waals surface area contributed by atoms with Crippen LogP contribution in [0.1, 0.15) is 11.3 Å². The molecule has 0 aliphatic rings. The number of non-ortho nitro benzene ring substituents is 1. The van der Waals surface area contributed by atoms with E-state index in [9.17, 15) is 20.0 Å². The summed E-state index contributed by atoms with van der Waals surface area (Å²) < 4.78 is 5.16. The molecule has 0 aliphatic carbocycles. The third kappa shape index (κ3) is 3.02. The number of aromatic nitrogens is 1. The summed E-state index contributed by atoms with van der Waals surface area (Å²) in [5, 5.41) is 27.6. The van der Waals surface area contributed by atoms with Crippen LogP contribution in [0.25, 0.3) is 11.0 Å². The third-order valence-corrected chi connectivity index (χ3v) is 3.49. The zero-order chi connectivity index (χ0) is 17.3. The SMILES string of the molecule is Cc1ccc2onc(CC(=O)Nc3cc([N+](=O)[O-])ccc3O)c2c1. The van der Waals surface area contributed by atoms with E-state index in [2.05, 4.69) is 10.5 Å². The molecular weight excluding hydrogens is 314 g/mol. The Labute approximate surface area is 135 Å². The van der Waals surface area contributed by atoms with Crippen molar-refractivity contribution in [1.29, 1.82) is 0 Å². The van der Waals surface area contributed by atoms with E-state index in [1.54, 1.807) is 6.07 Å². The molecule has 1 amide bonds. The lowest BCUT2D eigenvalue weighted by Gasteiger charge is -2.06. The number of aromatic hydroxyl groups is 1. The Bertz CT molecular complexity index is 948. The number of anilines is 1. The predicted octanol–water partition coefficient (Wildman–Crippen LogP) is 2.93. The minimum atomic E-state index is -0.608. The minimum absolute atomic E-state index is 0.0295. The fourth-order valence-corrected chi connectivity index (χ4v) is 2.31. The Morgan fingerprint density at radius 2 is 2.12 bits per heavy atom. The van der Waals surface area contributed by atoms with Crippen LogP contribution >= 0.6 is 0 Å². The van der Waals surface area contributed by atoms with Crippen LogP contribution in [-0.2, 0) is 11.2 Å². The van der Waals surface area contributed by atoms with E-state index in [-0.39, 0.29) is 23.5 Å². The van der Waals surface area contributed by atoms with E-state index >= 15 is 0 Å². The molecule has 2 aromatic carbocycles. The highest BCUT2D eigenvalue weighted by atomic mass is 16.6. The highest BCUT2D eigenvalue weighted by Gasteiger charge is 2.16. The average molecular weight is 327 g/mol. The summed E-state index contributed by atoms with van der Waals surface area (Å²) in [7, 11) is 0. The highest BCUT2D eigenvalue weighted by Crippen LogP contribution is 2.28. The molecule has 0 spiro atoms. The first-order chi connectivity index (χ1) is 11.4. The summed E-state index contributed by atoms with van der Waals surface area (Å²) in [6.07, 6.45) is -0.0847. The number of nitrogens with one attached hydrogen (secondary N) is 1. The van der Waals surface area contributed by atoms with Gasteiger partial charge in [0, 0.05) is 17.5 Å². The van der Waals surface area contributed by atoms with Crippen molar-refractivity contribution in [1.82, 2.24) is 5.16 Å². The number of benzene rings is 2. The number of carbonyl (C=O) groups is 1. The molecule has 3 rings (SSSR count). The van der Waals surface area contributed by atoms with Crippen LogP contribution in [-0.4, -0.2) is 21.1 Å². The second-order valence-electron chi connectivity index (χ2n) is 5.31. The van der Waals surface area contributed by atoms with Crippen LogP contribution < -0.4 is 5.32 Å². The molecule has 0 aliphatic heterocycles. The number of phenolic OH excluding ortho intramolecular Hbond substituents is 1. The fraction of sp³-hybridized carbons (Fsp3) is 0.125. The van der Waals surface area contributed by atoms with Gasteiger partial charge in [-0.3, -0.25) is 14.9 Å². The molecule has 8 nitrogen and oxygen atoms in total. The van der Waals surface area contributed by atoms with Gasteiger partial charge in [-0.1, -0.05) is 16.8 Å². The molecule has 3 aromatic rings. The summed E-state index contributed by atoms with van der Waals surface area (Å²) in [4.78, 5) is 22.3. The maximum atomic E-state index is 12.2. The van der Waals surface area contributed by atoms with Crippen molar-refractivity contribution in [2.45, 2.75) is 13.3 Å². The zero-order valence-electron chi connectivity index (χ0n) is 12.6. The Balaban J connectivity index is 1.81. The van der Waals surface area contributed by atoms with Crippen molar-refractivity contribution in [3.05, 3.63) is 57.8 Å². The number of nitrogens with zero attached hydrogens (tertiary/aromatic N) is 2. The van der Waals surface area contributed by atoms with Crippen LogP contribution in [0.4, 0.5) is 11.4 Å². The van der Waals surface area contributed by atoms with Gasteiger partial charge in [0.1, 0.15) is 11.4 Å². The van der Waals surface area contributed by atoms with Crippen LogP contribution in [0.2, 0.25) is 0 Å². The number of nitro groups is 1. The van der Waals surface area contributed by atoms with Crippen molar-refractivity contribution in [3.8, 4) is 5.75 Å². The lowest BCUT2D eigenvalue weighted by atomic mass is 10.1. The molecule has 0 bridgehead atoms. The van der Waals surface area contributed by atoms with Crippen molar-refractivity contribution < 1.29 is 19.3 Å². The maximum absolute atomic E-state index is 12.2. The van der Waals surface area contributed by atoms with Crippen LogP contribution in [0.15, 0.2) is 40.9 Å². The minimum Gasteiger partial charge on any atom is -0.506 e. The molecule has 2 N–H and O–H groups in total. The van der Waals surface area contributed by atoms with E-state index in [0.717, 1.165) is 29.1 Å². The number of nitro benzene ring substituents is 1. The second kappa shape index (κ2) is 5.99. The first-order valence-electron chi connectivity index (χ1n) is 7.06. The number of rotatable bonds is 4. The molecule has 1 aromatic heterocycles. The molecule has 8 heteroatoms. The molecule has 0 atom stereocenters. The number of amides is 1. The van der Waals surface area contributed by atoms with E-state index in [4.69, 9.17) is 4.52 Å². The van der Waals surface area contributed by atoms with Gasteiger partial charge in [-0.2, -0.15) is 0 Å². The molecule has 24 heavy (non-hydrogen) atoms. The summed E-state index contributed by atoms with van der Waals surface area (Å²) >= 11 is 0. The summed E-state index contributed by atoms with van der Waals surface area (Å²) in [5.41, 5.74) is 1.77. The van der Waals surface area contributed by atoms with Gasteiger partial charge in [0.15, 0.2) is 5.58 Å². The molecule has 0 fully saturated rings. The van der Waals surface area contributed by atoms with Crippen LogP contribution in [0, 0.1) is 17.0 Å². The Morgan fingerprint density at radius 1 is 1.33 bits per heavy atom. The van der Waals surface area contributed by atoms with Crippen molar-refractivity contribution in [2.24, 2.45) is 0 Å². The third-order valence-electron chi connectivity index (χ3n) is 3.49. The smallest absolute Gasteiger partial charge is 0.271 e. The van der Waals surface area contributed by atoms with Crippen LogP contribution in [0.3, 0.4) is 0 Å². The van der Waals surface area contributed by atoms with Gasteiger partial charge in [-0.05, 0) is 25.1 Å². The number of fused-ring (bicyclic) bond motifs is 1. The number of hydrogen-bond donors (Lipinski definition) is 2. The van der Waals surface area contributed by atoms with E-state index in [0.29, 0.717) is 11.3 Å². The van der Waals surface area contributed by atoms with Gasteiger partial charge in [0.05, 0.1) is 17.0 Å². The van der Waals surface area contributed by atoms with Crippen LogP contribution in [0.5, 0.6) is 5.75 Å². The molecular formula is C16H13N3O5. The predicted molar refractivity (Wildman–Crippen MR) is 85.8 cm³/mol. The first kappa shape index (κ1) is 15.5. The molecule has 0 saturated carbocycles. The van der Waals surface area contributed by atoms with E-state index in [1.807, 2.05) is 19.1 Å². The lowest BCUT2D eigenvalue weighted by molar-refractivity contribution is -0.384. The highest BCUT2D eigenvalue weighted by molar-refractivity contribution is 5.96.